The second-order valence-electron chi connectivity index (χ2n) is 4.52. The van der Waals surface area contributed by atoms with Crippen molar-refractivity contribution in [3.63, 3.8) is 0 Å². The van der Waals surface area contributed by atoms with Gasteiger partial charge in [0.25, 0.3) is 0 Å². The van der Waals surface area contributed by atoms with Gasteiger partial charge in [0.05, 0.1) is 7.11 Å². The first-order valence-corrected chi connectivity index (χ1v) is 5.79. The quantitative estimate of drug-likeness (QED) is 0.754. The van der Waals surface area contributed by atoms with E-state index < -0.39 is 0 Å². The van der Waals surface area contributed by atoms with Gasteiger partial charge in [0.1, 0.15) is 5.75 Å². The Labute approximate surface area is 90.6 Å². The van der Waals surface area contributed by atoms with Crippen molar-refractivity contribution < 1.29 is 4.74 Å². The minimum atomic E-state index is 0.713. The number of fused-ring (bicyclic) bond motifs is 3. The van der Waals surface area contributed by atoms with Crippen LogP contribution in [0.5, 0.6) is 5.75 Å². The van der Waals surface area contributed by atoms with Crippen LogP contribution in [0.3, 0.4) is 0 Å². The molecule has 1 heterocycles. The van der Waals surface area contributed by atoms with E-state index in [0.29, 0.717) is 6.04 Å². The molecular formula is C13H17NO. The highest BCUT2D eigenvalue weighted by Gasteiger charge is 2.33. The third-order valence-electron chi connectivity index (χ3n) is 3.84. The fraction of sp³-hybridized carbons (Fsp3) is 0.538. The van der Waals surface area contributed by atoms with E-state index in [1.54, 1.807) is 7.11 Å². The molecule has 0 spiro atoms. The monoisotopic (exact) mass is 203 g/mol. The Morgan fingerprint density at radius 1 is 1.33 bits per heavy atom. The molecule has 2 aliphatic rings. The van der Waals surface area contributed by atoms with Gasteiger partial charge in [0.15, 0.2) is 0 Å². The lowest BCUT2D eigenvalue weighted by atomic mass is 9.79. The summed E-state index contributed by atoms with van der Waals surface area (Å²) in [6.45, 7) is 1.17. The first kappa shape index (κ1) is 9.22. The lowest BCUT2D eigenvalue weighted by Crippen LogP contribution is -2.30. The van der Waals surface area contributed by atoms with Crippen LogP contribution in [0.4, 0.5) is 0 Å². The lowest BCUT2D eigenvalue weighted by Gasteiger charge is -2.29. The average molecular weight is 203 g/mol. The van der Waals surface area contributed by atoms with E-state index in [2.05, 4.69) is 23.5 Å². The maximum Gasteiger partial charge on any atom is 0.122 e. The number of nitrogens with one attached hydrogen (secondary N) is 1. The van der Waals surface area contributed by atoms with Crippen LogP contribution in [0.2, 0.25) is 0 Å². The molecule has 1 fully saturated rings. The number of hydrogen-bond donors (Lipinski definition) is 1. The van der Waals surface area contributed by atoms with Crippen molar-refractivity contribution in [2.75, 3.05) is 13.7 Å². The van der Waals surface area contributed by atoms with Crippen LogP contribution in [-0.2, 0) is 6.42 Å². The van der Waals surface area contributed by atoms with Gasteiger partial charge in [-0.05, 0) is 43.0 Å². The third kappa shape index (κ3) is 1.36. The fourth-order valence-electron chi connectivity index (χ4n) is 3.13. The molecule has 2 nitrogen and oxygen atoms in total. The lowest BCUT2D eigenvalue weighted by molar-refractivity contribution is 0.398. The second kappa shape index (κ2) is 3.53. The third-order valence-corrected chi connectivity index (χ3v) is 3.84. The molecule has 1 aliphatic heterocycles. The molecule has 0 amide bonds. The highest BCUT2D eigenvalue weighted by molar-refractivity contribution is 5.45. The van der Waals surface area contributed by atoms with Crippen LogP contribution in [-0.4, -0.2) is 19.7 Å². The van der Waals surface area contributed by atoms with Gasteiger partial charge in [0.2, 0.25) is 0 Å². The van der Waals surface area contributed by atoms with Gasteiger partial charge in [-0.3, -0.25) is 0 Å². The van der Waals surface area contributed by atoms with Crippen LogP contribution in [0.1, 0.15) is 29.9 Å². The van der Waals surface area contributed by atoms with E-state index >= 15 is 0 Å². The van der Waals surface area contributed by atoms with Gasteiger partial charge in [-0.1, -0.05) is 12.1 Å². The summed E-state index contributed by atoms with van der Waals surface area (Å²) >= 11 is 0. The van der Waals surface area contributed by atoms with Crippen LogP contribution in [0.25, 0.3) is 0 Å². The first-order chi connectivity index (χ1) is 7.40. The van der Waals surface area contributed by atoms with Crippen molar-refractivity contribution in [3.8, 4) is 5.75 Å². The van der Waals surface area contributed by atoms with Crippen molar-refractivity contribution in [2.24, 2.45) is 0 Å². The Kier molecular flexibility index (Phi) is 2.17. The van der Waals surface area contributed by atoms with Crippen LogP contribution in [0, 0.1) is 0 Å². The van der Waals surface area contributed by atoms with Crippen molar-refractivity contribution >= 4 is 0 Å². The molecule has 0 aromatic heterocycles. The van der Waals surface area contributed by atoms with E-state index in [9.17, 15) is 0 Å². The van der Waals surface area contributed by atoms with E-state index in [-0.39, 0.29) is 0 Å². The minimum absolute atomic E-state index is 0.713. The largest absolute Gasteiger partial charge is 0.496 e. The number of methoxy groups -OCH3 is 1. The average Bonchev–Trinajstić information content (AvgIpc) is 2.76. The number of ether oxygens (including phenoxy) is 1. The Morgan fingerprint density at radius 3 is 3.13 bits per heavy atom. The van der Waals surface area contributed by atoms with Crippen LogP contribution >= 0.6 is 0 Å². The van der Waals surface area contributed by atoms with Crippen molar-refractivity contribution in [1.82, 2.24) is 5.32 Å². The van der Waals surface area contributed by atoms with Gasteiger partial charge in [-0.15, -0.1) is 0 Å². The summed E-state index contributed by atoms with van der Waals surface area (Å²) in [5, 5.41) is 3.60. The van der Waals surface area contributed by atoms with Crippen molar-refractivity contribution in [3.05, 3.63) is 29.3 Å². The summed E-state index contributed by atoms with van der Waals surface area (Å²) in [6, 6.07) is 7.20. The molecule has 0 bridgehead atoms. The normalized spacial score (nSPS) is 28.3. The number of benzene rings is 1. The van der Waals surface area contributed by atoms with Gasteiger partial charge in [0, 0.05) is 12.0 Å². The molecule has 1 aliphatic carbocycles. The molecule has 2 heteroatoms. The maximum atomic E-state index is 5.44. The molecular weight excluding hydrogens is 186 g/mol. The van der Waals surface area contributed by atoms with Crippen molar-refractivity contribution in [1.29, 1.82) is 0 Å². The Bertz CT molecular complexity index is 375. The van der Waals surface area contributed by atoms with Crippen LogP contribution in [0.15, 0.2) is 18.2 Å². The SMILES string of the molecule is COc1cccc2c1CCC1NCCC21. The number of rotatable bonds is 1. The zero-order valence-corrected chi connectivity index (χ0v) is 9.12. The first-order valence-electron chi connectivity index (χ1n) is 5.79. The minimum Gasteiger partial charge on any atom is -0.496 e. The van der Waals surface area contributed by atoms with Gasteiger partial charge < -0.3 is 10.1 Å². The molecule has 0 saturated carbocycles. The standard InChI is InChI=1S/C13H17NO/c1-15-13-4-2-3-9-10-7-8-14-12(10)6-5-11(9)13/h2-4,10,12,14H,5-8H2,1H3. The second-order valence-corrected chi connectivity index (χ2v) is 4.52. The molecule has 2 unspecified atom stereocenters. The smallest absolute Gasteiger partial charge is 0.122 e. The topological polar surface area (TPSA) is 21.3 Å². The predicted molar refractivity (Wildman–Crippen MR) is 60.5 cm³/mol. The molecule has 1 saturated heterocycles. The molecule has 2 atom stereocenters. The molecule has 0 radical (unpaired) electrons. The van der Waals surface area contributed by atoms with E-state index in [1.807, 2.05) is 0 Å². The zero-order valence-electron chi connectivity index (χ0n) is 9.12. The summed E-state index contributed by atoms with van der Waals surface area (Å²) in [5.41, 5.74) is 2.97. The summed E-state index contributed by atoms with van der Waals surface area (Å²) in [7, 11) is 1.77. The molecule has 15 heavy (non-hydrogen) atoms. The zero-order chi connectivity index (χ0) is 10.3. The summed E-state index contributed by atoms with van der Waals surface area (Å²) in [6.07, 6.45) is 3.70. The Hall–Kier alpha value is -1.02. The Morgan fingerprint density at radius 2 is 2.27 bits per heavy atom. The fourth-order valence-corrected chi connectivity index (χ4v) is 3.13. The highest BCUT2D eigenvalue weighted by Crippen LogP contribution is 2.40. The predicted octanol–water partition coefficient (Wildman–Crippen LogP) is 2.09. The van der Waals surface area contributed by atoms with E-state index in [1.165, 1.54) is 30.5 Å². The van der Waals surface area contributed by atoms with Crippen molar-refractivity contribution in [2.45, 2.75) is 31.2 Å². The summed E-state index contributed by atoms with van der Waals surface area (Å²) in [5.74, 6) is 1.81. The number of hydrogen-bond acceptors (Lipinski definition) is 2. The molecule has 3 rings (SSSR count). The molecule has 1 aromatic rings. The van der Waals surface area contributed by atoms with E-state index in [4.69, 9.17) is 4.74 Å². The van der Waals surface area contributed by atoms with Gasteiger partial charge in [-0.2, -0.15) is 0 Å². The highest BCUT2D eigenvalue weighted by atomic mass is 16.5. The van der Waals surface area contributed by atoms with Gasteiger partial charge >= 0.3 is 0 Å². The molecule has 1 aromatic carbocycles. The Balaban J connectivity index is 2.07. The summed E-state index contributed by atoms with van der Waals surface area (Å²) in [4.78, 5) is 0. The summed E-state index contributed by atoms with van der Waals surface area (Å²) < 4.78 is 5.44. The van der Waals surface area contributed by atoms with E-state index in [0.717, 1.165) is 18.1 Å². The van der Waals surface area contributed by atoms with Gasteiger partial charge in [-0.25, -0.2) is 0 Å². The maximum absolute atomic E-state index is 5.44. The molecule has 80 valence electrons. The van der Waals surface area contributed by atoms with Crippen LogP contribution < -0.4 is 10.1 Å². The molecule has 1 N–H and O–H groups in total.